The molecule has 3 nitrogen and oxygen atoms in total. The van der Waals surface area contributed by atoms with Crippen LogP contribution in [-0.4, -0.2) is 11.8 Å². The molecule has 3 heteroatoms. The molecular weight excluding hydrogens is 192 g/mol. The first-order valence-electron chi connectivity index (χ1n) is 4.97. The SMILES string of the molecule is CC(C(=O)[O-])c1cccc2c1CCC2=O. The number of benzene rings is 1. The molecule has 0 saturated carbocycles. The van der Waals surface area contributed by atoms with Crippen LogP contribution >= 0.6 is 0 Å². The molecule has 1 aromatic rings. The van der Waals surface area contributed by atoms with Crippen LogP contribution in [0.3, 0.4) is 0 Å². The van der Waals surface area contributed by atoms with Crippen LogP contribution in [0.4, 0.5) is 0 Å². The second-order valence-electron chi connectivity index (χ2n) is 3.84. The van der Waals surface area contributed by atoms with Gasteiger partial charge in [0.25, 0.3) is 0 Å². The largest absolute Gasteiger partial charge is 0.550 e. The zero-order chi connectivity index (χ0) is 11.0. The third-order valence-electron chi connectivity index (χ3n) is 2.93. The molecule has 0 heterocycles. The van der Waals surface area contributed by atoms with Crippen LogP contribution in [0.1, 0.15) is 40.7 Å². The Balaban J connectivity index is 2.51. The van der Waals surface area contributed by atoms with Gasteiger partial charge in [0.2, 0.25) is 0 Å². The summed E-state index contributed by atoms with van der Waals surface area (Å²) in [7, 11) is 0. The second kappa shape index (κ2) is 3.50. The van der Waals surface area contributed by atoms with Crippen molar-refractivity contribution in [2.24, 2.45) is 0 Å². The minimum atomic E-state index is -1.09. The smallest absolute Gasteiger partial charge is 0.163 e. The van der Waals surface area contributed by atoms with E-state index in [4.69, 9.17) is 0 Å². The second-order valence-corrected chi connectivity index (χ2v) is 3.84. The number of hydrogen-bond acceptors (Lipinski definition) is 3. The quantitative estimate of drug-likeness (QED) is 0.709. The van der Waals surface area contributed by atoms with Gasteiger partial charge in [-0.2, -0.15) is 0 Å². The molecule has 15 heavy (non-hydrogen) atoms. The molecule has 0 fully saturated rings. The van der Waals surface area contributed by atoms with Crippen LogP contribution < -0.4 is 5.11 Å². The van der Waals surface area contributed by atoms with Crippen molar-refractivity contribution in [3.8, 4) is 0 Å². The van der Waals surface area contributed by atoms with Gasteiger partial charge in [0.15, 0.2) is 5.78 Å². The summed E-state index contributed by atoms with van der Waals surface area (Å²) in [5.74, 6) is -1.63. The summed E-state index contributed by atoms with van der Waals surface area (Å²) in [6.07, 6.45) is 1.15. The Morgan fingerprint density at radius 1 is 1.40 bits per heavy atom. The van der Waals surface area contributed by atoms with Gasteiger partial charge in [-0.15, -0.1) is 0 Å². The number of fused-ring (bicyclic) bond motifs is 1. The van der Waals surface area contributed by atoms with E-state index in [1.54, 1.807) is 25.1 Å². The summed E-state index contributed by atoms with van der Waals surface area (Å²) in [6, 6.07) is 5.25. The van der Waals surface area contributed by atoms with Gasteiger partial charge in [0.1, 0.15) is 0 Å². The first-order chi connectivity index (χ1) is 7.11. The molecule has 1 unspecified atom stereocenters. The highest BCUT2D eigenvalue weighted by Crippen LogP contribution is 2.29. The standard InChI is InChI=1S/C12H12O3/c1-7(12(14)15)8-3-2-4-10-9(8)5-6-11(10)13/h2-4,7H,5-6H2,1H3,(H,14,15)/p-1. The summed E-state index contributed by atoms with van der Waals surface area (Å²) < 4.78 is 0. The number of carbonyl (C=O) groups is 2. The number of carbonyl (C=O) groups excluding carboxylic acids is 2. The van der Waals surface area contributed by atoms with Crippen LogP contribution in [0.2, 0.25) is 0 Å². The fraction of sp³-hybridized carbons (Fsp3) is 0.333. The molecule has 1 aliphatic carbocycles. The monoisotopic (exact) mass is 203 g/mol. The molecule has 0 spiro atoms. The highest BCUT2D eigenvalue weighted by molar-refractivity contribution is 6.01. The van der Waals surface area contributed by atoms with Gasteiger partial charge in [0, 0.05) is 23.9 Å². The highest BCUT2D eigenvalue weighted by Gasteiger charge is 2.23. The number of aliphatic carboxylic acids is 1. The van der Waals surface area contributed by atoms with E-state index >= 15 is 0 Å². The van der Waals surface area contributed by atoms with E-state index in [0.29, 0.717) is 18.4 Å². The lowest BCUT2D eigenvalue weighted by molar-refractivity contribution is -0.307. The summed E-state index contributed by atoms with van der Waals surface area (Å²) in [5, 5.41) is 10.8. The fourth-order valence-corrected chi connectivity index (χ4v) is 2.05. The van der Waals surface area contributed by atoms with E-state index in [0.717, 1.165) is 11.1 Å². The molecule has 78 valence electrons. The normalized spacial score (nSPS) is 16.2. The molecule has 2 rings (SSSR count). The minimum absolute atomic E-state index is 0.109. The van der Waals surface area contributed by atoms with E-state index in [9.17, 15) is 14.7 Å². The number of rotatable bonds is 2. The lowest BCUT2D eigenvalue weighted by atomic mass is 9.93. The van der Waals surface area contributed by atoms with Crippen LogP contribution in [0.5, 0.6) is 0 Å². The average molecular weight is 203 g/mol. The van der Waals surface area contributed by atoms with E-state index in [2.05, 4.69) is 0 Å². The van der Waals surface area contributed by atoms with Crippen molar-refractivity contribution in [1.82, 2.24) is 0 Å². The van der Waals surface area contributed by atoms with Crippen LogP contribution in [0.15, 0.2) is 18.2 Å². The predicted molar refractivity (Wildman–Crippen MR) is 52.5 cm³/mol. The van der Waals surface area contributed by atoms with Crippen molar-refractivity contribution in [3.63, 3.8) is 0 Å². The van der Waals surface area contributed by atoms with E-state index in [-0.39, 0.29) is 5.78 Å². The van der Waals surface area contributed by atoms with Crippen molar-refractivity contribution in [2.75, 3.05) is 0 Å². The van der Waals surface area contributed by atoms with Gasteiger partial charge in [-0.05, 0) is 17.5 Å². The highest BCUT2D eigenvalue weighted by atomic mass is 16.4. The molecule has 0 radical (unpaired) electrons. The number of carboxylic acids is 1. The van der Waals surface area contributed by atoms with Crippen molar-refractivity contribution < 1.29 is 14.7 Å². The van der Waals surface area contributed by atoms with Crippen molar-refractivity contribution in [2.45, 2.75) is 25.7 Å². The van der Waals surface area contributed by atoms with Gasteiger partial charge < -0.3 is 9.90 Å². The molecule has 0 bridgehead atoms. The van der Waals surface area contributed by atoms with E-state index < -0.39 is 11.9 Å². The van der Waals surface area contributed by atoms with Gasteiger partial charge in [-0.25, -0.2) is 0 Å². The van der Waals surface area contributed by atoms with E-state index in [1.165, 1.54) is 0 Å². The molecule has 0 aliphatic heterocycles. The summed E-state index contributed by atoms with van der Waals surface area (Å²) >= 11 is 0. The molecule has 1 aliphatic rings. The molecular formula is C12H11O3-. The molecule has 1 aromatic carbocycles. The summed E-state index contributed by atoms with van der Waals surface area (Å²) in [4.78, 5) is 22.2. The topological polar surface area (TPSA) is 57.2 Å². The zero-order valence-electron chi connectivity index (χ0n) is 8.45. The Bertz CT molecular complexity index is 434. The number of hydrogen-bond donors (Lipinski definition) is 0. The number of Topliss-reactive ketones (excluding diaryl/α,β-unsaturated/α-hetero) is 1. The Hall–Kier alpha value is -1.64. The Morgan fingerprint density at radius 2 is 2.13 bits per heavy atom. The predicted octanol–water partition coefficient (Wildman–Crippen LogP) is 0.669. The van der Waals surface area contributed by atoms with Gasteiger partial charge in [-0.3, -0.25) is 4.79 Å². The van der Waals surface area contributed by atoms with Crippen molar-refractivity contribution in [3.05, 3.63) is 34.9 Å². The maximum atomic E-state index is 11.4. The first-order valence-corrected chi connectivity index (χ1v) is 4.97. The van der Waals surface area contributed by atoms with Crippen LogP contribution in [0, 0.1) is 0 Å². The minimum Gasteiger partial charge on any atom is -0.550 e. The third-order valence-corrected chi connectivity index (χ3v) is 2.93. The Morgan fingerprint density at radius 3 is 2.80 bits per heavy atom. The van der Waals surface area contributed by atoms with Crippen LogP contribution in [0.25, 0.3) is 0 Å². The molecule has 1 atom stereocenters. The molecule has 0 N–H and O–H groups in total. The molecule has 0 saturated heterocycles. The number of carboxylic acid groups (broad SMARTS) is 1. The Labute approximate surface area is 87.7 Å². The molecule has 0 aromatic heterocycles. The van der Waals surface area contributed by atoms with Crippen LogP contribution in [-0.2, 0) is 11.2 Å². The first kappa shape index (κ1) is 9.90. The third kappa shape index (κ3) is 1.54. The van der Waals surface area contributed by atoms with Gasteiger partial charge >= 0.3 is 0 Å². The van der Waals surface area contributed by atoms with Gasteiger partial charge in [0.05, 0.1) is 0 Å². The maximum absolute atomic E-state index is 11.4. The fourth-order valence-electron chi connectivity index (χ4n) is 2.05. The van der Waals surface area contributed by atoms with E-state index in [1.807, 2.05) is 0 Å². The average Bonchev–Trinajstić information content (AvgIpc) is 2.59. The summed E-state index contributed by atoms with van der Waals surface area (Å²) in [6.45, 7) is 1.59. The number of ketones is 1. The summed E-state index contributed by atoms with van der Waals surface area (Å²) in [5.41, 5.74) is 2.29. The lowest BCUT2D eigenvalue weighted by Gasteiger charge is -2.16. The molecule has 0 amide bonds. The zero-order valence-corrected chi connectivity index (χ0v) is 8.45. The van der Waals surface area contributed by atoms with Gasteiger partial charge in [-0.1, -0.05) is 25.1 Å². The van der Waals surface area contributed by atoms with Crippen molar-refractivity contribution >= 4 is 11.8 Å². The van der Waals surface area contributed by atoms with Crippen molar-refractivity contribution in [1.29, 1.82) is 0 Å². The Kier molecular flexibility index (Phi) is 2.31. The lowest BCUT2D eigenvalue weighted by Crippen LogP contribution is -2.28. The maximum Gasteiger partial charge on any atom is 0.163 e.